The lowest BCUT2D eigenvalue weighted by Gasteiger charge is -2.13. The average molecular weight is 476 g/mol. The monoisotopic (exact) mass is 476 g/mol. The third-order valence-electron chi connectivity index (χ3n) is 4.93. The van der Waals surface area contributed by atoms with Crippen molar-refractivity contribution in [2.24, 2.45) is 0 Å². The van der Waals surface area contributed by atoms with Gasteiger partial charge in [-0.3, -0.25) is 19.2 Å². The van der Waals surface area contributed by atoms with Crippen LogP contribution in [0.1, 0.15) is 26.3 Å². The average Bonchev–Trinajstić information content (AvgIpc) is 3.10. The first-order valence-corrected chi connectivity index (χ1v) is 10.8. The van der Waals surface area contributed by atoms with Crippen molar-refractivity contribution in [3.63, 3.8) is 0 Å². The highest BCUT2D eigenvalue weighted by atomic mass is 32.2. The van der Waals surface area contributed by atoms with Gasteiger partial charge >= 0.3 is 5.97 Å². The summed E-state index contributed by atoms with van der Waals surface area (Å²) in [5, 5.41) is 9.48. The lowest BCUT2D eigenvalue weighted by atomic mass is 10.1. The number of imide groups is 1. The second kappa shape index (κ2) is 9.60. The summed E-state index contributed by atoms with van der Waals surface area (Å²) in [4.78, 5) is 56.9. The highest BCUT2D eigenvalue weighted by molar-refractivity contribution is 7.99. The molecule has 0 unspecified atom stereocenters. The Morgan fingerprint density at radius 3 is 2.32 bits per heavy atom. The van der Waals surface area contributed by atoms with Crippen molar-refractivity contribution in [1.29, 1.82) is 5.26 Å². The molecule has 0 radical (unpaired) electrons. The number of esters is 1. The van der Waals surface area contributed by atoms with Crippen molar-refractivity contribution >= 4 is 29.5 Å². The van der Waals surface area contributed by atoms with Gasteiger partial charge < -0.3 is 14.5 Å². The maximum Gasteiger partial charge on any atom is 0.318 e. The first kappa shape index (κ1) is 22.8. The Kier molecular flexibility index (Phi) is 6.42. The number of nitrogens with one attached hydrogen (secondary N) is 1. The molecule has 0 spiro atoms. The number of carbonyl (C=O) groups is 3. The van der Waals surface area contributed by atoms with E-state index in [1.165, 1.54) is 19.2 Å². The van der Waals surface area contributed by atoms with Crippen LogP contribution in [0.15, 0.2) is 58.5 Å². The van der Waals surface area contributed by atoms with E-state index in [2.05, 4.69) is 9.97 Å². The summed E-state index contributed by atoms with van der Waals surface area (Å²) < 4.78 is 10.2. The number of aromatic nitrogens is 2. The Bertz CT molecular complexity index is 1360. The Morgan fingerprint density at radius 1 is 1.09 bits per heavy atom. The van der Waals surface area contributed by atoms with Crippen molar-refractivity contribution in [2.75, 3.05) is 19.6 Å². The van der Waals surface area contributed by atoms with Gasteiger partial charge in [0.2, 0.25) is 0 Å². The molecule has 4 rings (SSSR count). The first-order valence-electron chi connectivity index (χ1n) is 9.85. The molecule has 2 heterocycles. The van der Waals surface area contributed by atoms with Crippen molar-refractivity contribution in [3.05, 3.63) is 75.6 Å². The molecule has 2 amide bonds. The number of nitriles is 1. The predicted molar refractivity (Wildman–Crippen MR) is 120 cm³/mol. The number of carbonyl (C=O) groups excluding carboxylic acids is 3. The maximum absolute atomic E-state index is 12.4. The number of hydrogen-bond acceptors (Lipinski definition) is 9. The Hall–Kier alpha value is -4.43. The van der Waals surface area contributed by atoms with Gasteiger partial charge in [-0.25, -0.2) is 9.88 Å². The third kappa shape index (κ3) is 4.39. The van der Waals surface area contributed by atoms with Crippen LogP contribution in [0.3, 0.4) is 0 Å². The largest absolute Gasteiger partial charge is 0.497 e. The lowest BCUT2D eigenvalue weighted by molar-refractivity contribution is -0.142. The van der Waals surface area contributed by atoms with Crippen LogP contribution in [0.2, 0.25) is 0 Å². The molecule has 1 aliphatic heterocycles. The van der Waals surface area contributed by atoms with E-state index in [9.17, 15) is 24.4 Å². The summed E-state index contributed by atoms with van der Waals surface area (Å²) in [5.74, 6) is -1.45. The molecular weight excluding hydrogens is 460 g/mol. The molecule has 2 aromatic carbocycles. The Morgan fingerprint density at radius 2 is 1.74 bits per heavy atom. The summed E-state index contributed by atoms with van der Waals surface area (Å²) in [7, 11) is 1.52. The molecule has 0 saturated heterocycles. The standard InChI is InChI=1S/C23H16N4O6S/c1-32-14-8-6-13(7-9-14)19-17(10-24)20(29)26-23(25-19)34-11-18(28)33-12-27-21(30)15-4-2-3-5-16(15)22(27)31/h2-9H,11-12H2,1H3,(H,25,26,29). The molecule has 1 aliphatic rings. The number of amides is 2. The summed E-state index contributed by atoms with van der Waals surface area (Å²) in [6.45, 7) is -0.528. The van der Waals surface area contributed by atoms with Gasteiger partial charge in [0.25, 0.3) is 17.4 Å². The molecule has 1 aromatic heterocycles. The SMILES string of the molecule is COc1ccc(-c2nc(SCC(=O)OCN3C(=O)c4ccccc4C3=O)[nH]c(=O)c2C#N)cc1. The molecule has 0 fully saturated rings. The van der Waals surface area contributed by atoms with Crippen LogP contribution in [0.5, 0.6) is 5.75 Å². The molecule has 3 aromatic rings. The summed E-state index contributed by atoms with van der Waals surface area (Å²) in [6, 6.07) is 14.8. The molecule has 0 saturated carbocycles. The van der Waals surface area contributed by atoms with Gasteiger partial charge in [-0.1, -0.05) is 23.9 Å². The lowest BCUT2D eigenvalue weighted by Crippen LogP contribution is -2.33. The van der Waals surface area contributed by atoms with E-state index in [-0.39, 0.29) is 33.3 Å². The zero-order chi connectivity index (χ0) is 24.2. The van der Waals surface area contributed by atoms with E-state index in [4.69, 9.17) is 9.47 Å². The van der Waals surface area contributed by atoms with Crippen LogP contribution >= 0.6 is 11.8 Å². The smallest absolute Gasteiger partial charge is 0.318 e. The number of fused-ring (bicyclic) bond motifs is 1. The fourth-order valence-corrected chi connectivity index (χ4v) is 3.90. The third-order valence-corrected chi connectivity index (χ3v) is 5.78. The normalized spacial score (nSPS) is 12.3. The van der Waals surface area contributed by atoms with Crippen LogP contribution in [0.25, 0.3) is 11.3 Å². The first-order chi connectivity index (χ1) is 16.4. The van der Waals surface area contributed by atoms with Crippen molar-refractivity contribution < 1.29 is 23.9 Å². The Balaban J connectivity index is 1.42. The summed E-state index contributed by atoms with van der Waals surface area (Å²) >= 11 is 0.886. The number of H-pyrrole nitrogens is 1. The van der Waals surface area contributed by atoms with Gasteiger partial charge in [-0.05, 0) is 36.4 Å². The number of nitrogens with zero attached hydrogens (tertiary/aromatic N) is 3. The molecule has 1 N–H and O–H groups in total. The quantitative estimate of drug-likeness (QED) is 0.235. The van der Waals surface area contributed by atoms with E-state index in [0.29, 0.717) is 11.3 Å². The molecule has 10 nitrogen and oxygen atoms in total. The minimum Gasteiger partial charge on any atom is -0.497 e. The van der Waals surface area contributed by atoms with Gasteiger partial charge in [-0.15, -0.1) is 0 Å². The summed E-state index contributed by atoms with van der Waals surface area (Å²) in [5.41, 5.74) is 0.383. The van der Waals surface area contributed by atoms with Crippen molar-refractivity contribution in [3.8, 4) is 23.1 Å². The van der Waals surface area contributed by atoms with E-state index in [1.807, 2.05) is 6.07 Å². The van der Waals surface area contributed by atoms with Gasteiger partial charge in [0.15, 0.2) is 11.9 Å². The van der Waals surface area contributed by atoms with Gasteiger partial charge in [-0.2, -0.15) is 5.26 Å². The van der Waals surface area contributed by atoms with E-state index in [1.54, 1.807) is 36.4 Å². The van der Waals surface area contributed by atoms with Crippen LogP contribution in [-0.2, 0) is 9.53 Å². The molecule has 11 heteroatoms. The summed E-state index contributed by atoms with van der Waals surface area (Å²) in [6.07, 6.45) is 0. The number of methoxy groups -OCH3 is 1. The molecule has 0 aliphatic carbocycles. The fourth-order valence-electron chi connectivity index (χ4n) is 3.24. The highest BCUT2D eigenvalue weighted by Crippen LogP contribution is 2.25. The van der Waals surface area contributed by atoms with Crippen molar-refractivity contribution in [2.45, 2.75) is 5.16 Å². The minimum atomic E-state index is -0.723. The van der Waals surface area contributed by atoms with Gasteiger partial charge in [0.05, 0.1) is 29.7 Å². The maximum atomic E-state index is 12.4. The zero-order valence-electron chi connectivity index (χ0n) is 17.7. The predicted octanol–water partition coefficient (Wildman–Crippen LogP) is 2.21. The number of hydrogen-bond donors (Lipinski definition) is 1. The van der Waals surface area contributed by atoms with E-state index >= 15 is 0 Å². The number of rotatable bonds is 7. The van der Waals surface area contributed by atoms with Gasteiger partial charge in [0, 0.05) is 5.56 Å². The minimum absolute atomic E-state index is 0.104. The number of benzene rings is 2. The fraction of sp³-hybridized carbons (Fsp3) is 0.130. The van der Waals surface area contributed by atoms with E-state index in [0.717, 1.165) is 16.7 Å². The van der Waals surface area contributed by atoms with Crippen LogP contribution in [0.4, 0.5) is 0 Å². The van der Waals surface area contributed by atoms with Gasteiger partial charge in [0.1, 0.15) is 17.4 Å². The highest BCUT2D eigenvalue weighted by Gasteiger charge is 2.35. The van der Waals surface area contributed by atoms with Crippen LogP contribution in [-0.4, -0.2) is 52.2 Å². The zero-order valence-corrected chi connectivity index (χ0v) is 18.5. The molecule has 0 atom stereocenters. The number of ether oxygens (including phenoxy) is 2. The Labute approximate surface area is 197 Å². The topological polar surface area (TPSA) is 142 Å². The molecule has 170 valence electrons. The van der Waals surface area contributed by atoms with Crippen molar-refractivity contribution in [1.82, 2.24) is 14.9 Å². The van der Waals surface area contributed by atoms with E-state index < -0.39 is 30.1 Å². The number of thioether (sulfide) groups is 1. The molecular formula is C23H16N4O6S. The number of aromatic amines is 1. The molecule has 0 bridgehead atoms. The molecule has 34 heavy (non-hydrogen) atoms. The second-order valence-electron chi connectivity index (χ2n) is 6.95. The van der Waals surface area contributed by atoms with Crippen LogP contribution in [0, 0.1) is 11.3 Å². The van der Waals surface area contributed by atoms with Crippen LogP contribution < -0.4 is 10.3 Å². The second-order valence-corrected chi connectivity index (χ2v) is 7.92.